The summed E-state index contributed by atoms with van der Waals surface area (Å²) in [7, 11) is 5.95. The van der Waals surface area contributed by atoms with E-state index < -0.39 is 5.97 Å². The number of nitrogens with one attached hydrogen (secondary N) is 1. The molecular weight excluding hydrogens is 849 g/mol. The first-order valence-electron chi connectivity index (χ1n) is 27.7. The maximum Gasteiger partial charge on any atom is 0.303 e. The summed E-state index contributed by atoms with van der Waals surface area (Å²) in [6.45, 7) is 17.5. The second-order valence-electron chi connectivity index (χ2n) is 22.2. The Kier molecular flexibility index (Phi) is 21.3. The molecule has 9 nitrogen and oxygen atoms in total. The number of likely N-dealkylation sites (N-methyl/N-ethyl adjacent to an activating group) is 2. The maximum atomic E-state index is 11.4. The Labute approximate surface area is 413 Å². The fraction of sp³-hybridized carbons (Fsp3) is 0.780. The highest BCUT2D eigenvalue weighted by Crippen LogP contribution is 2.69. The molecule has 7 aliphatic carbocycles. The van der Waals surface area contributed by atoms with Gasteiger partial charge in [-0.2, -0.15) is 0 Å². The molecule has 9 rings (SSSR count). The van der Waals surface area contributed by atoms with Gasteiger partial charge in [0.25, 0.3) is 6.47 Å². The van der Waals surface area contributed by atoms with E-state index in [0.29, 0.717) is 47.0 Å². The Morgan fingerprint density at radius 3 is 2.21 bits per heavy atom. The first-order valence-corrected chi connectivity index (χ1v) is 27.7. The number of methoxy groups -OCH3 is 1. The Morgan fingerprint density at radius 2 is 1.59 bits per heavy atom. The normalized spacial score (nSPS) is 35.7. The summed E-state index contributed by atoms with van der Waals surface area (Å²) in [6, 6.07) is 9.28. The van der Waals surface area contributed by atoms with Crippen molar-refractivity contribution in [1.82, 2.24) is 5.32 Å². The summed E-state index contributed by atoms with van der Waals surface area (Å²) in [5, 5.41) is 19.3. The number of carboxylic acid groups (broad SMARTS) is 2. The van der Waals surface area contributed by atoms with Crippen molar-refractivity contribution in [2.45, 2.75) is 207 Å². The average molecular weight is 945 g/mol. The van der Waals surface area contributed by atoms with Gasteiger partial charge in [0, 0.05) is 45.3 Å². The van der Waals surface area contributed by atoms with E-state index in [1.807, 2.05) is 27.0 Å². The molecule has 7 fully saturated rings. The monoisotopic (exact) mass is 945 g/mol. The van der Waals surface area contributed by atoms with Crippen molar-refractivity contribution in [3.63, 3.8) is 0 Å². The largest absolute Gasteiger partial charge is 0.483 e. The zero-order valence-electron chi connectivity index (χ0n) is 44.5. The second kappa shape index (κ2) is 25.9. The van der Waals surface area contributed by atoms with Crippen molar-refractivity contribution in [2.24, 2.45) is 52.3 Å². The van der Waals surface area contributed by atoms with E-state index in [9.17, 15) is 9.59 Å². The Balaban J connectivity index is 0.000000219. The number of hydrogen-bond acceptors (Lipinski definition) is 7. The molecule has 1 saturated heterocycles. The van der Waals surface area contributed by atoms with Gasteiger partial charge in [0.2, 0.25) is 0 Å². The molecule has 13 unspecified atom stereocenters. The number of fused-ring (bicyclic) bond motifs is 7. The minimum Gasteiger partial charge on any atom is -0.483 e. The van der Waals surface area contributed by atoms with Gasteiger partial charge >= 0.3 is 5.97 Å². The number of aliphatic carboxylic acids is 1. The standard InChI is InChI=1S/C28H38N2O2.C24H40O3.C4H10.C2H6.CH2O2/c1-4-5-22-20(14-17-31)8-11-23-25-12-13-26-28(25,32-26)18-24(27(22)23)19-6-9-21(10-7-19)30(3)16-15-29-2;1-23-14-5-4-6-16(23)7-8-17-18-9-10-20(21(27-3)11-12-22(25)26)24(18,2)15-13-19(17)23;1-3-4-2;1-2;2-1-3/h6-7,9-10,14,17,23-26,29H,4-5,8,11-13,15-16,18H2,1-3H3;16-21H,4-15H2,1-3H3,(H,25,26);3-4H2,1-2H3;1-2H3;1H,(H,2,3)/b20-14-;;;;. The number of epoxide rings is 1. The van der Waals surface area contributed by atoms with E-state index in [1.54, 1.807) is 12.7 Å². The van der Waals surface area contributed by atoms with Gasteiger partial charge in [-0.15, -0.1) is 0 Å². The smallest absolute Gasteiger partial charge is 0.303 e. The summed E-state index contributed by atoms with van der Waals surface area (Å²) in [5.41, 5.74) is 8.22. The van der Waals surface area contributed by atoms with Crippen LogP contribution >= 0.6 is 0 Å². The van der Waals surface area contributed by atoms with Crippen molar-refractivity contribution < 1.29 is 34.1 Å². The number of benzene rings is 1. The lowest BCUT2D eigenvalue weighted by Crippen LogP contribution is -2.53. The van der Waals surface area contributed by atoms with Gasteiger partial charge in [-0.25, -0.2) is 0 Å². The molecule has 0 bridgehead atoms. The van der Waals surface area contributed by atoms with Gasteiger partial charge in [-0.05, 0) is 191 Å². The summed E-state index contributed by atoms with van der Waals surface area (Å²) >= 11 is 0. The van der Waals surface area contributed by atoms with Crippen LogP contribution in [0.3, 0.4) is 0 Å². The molecule has 1 aliphatic heterocycles. The SMILES string of the molecule is CC.CCCC.CCCC1=C2C(c3ccc(N(C)CCNC)cc3)CC34OC3CCC4C2CC/C1=C/C=O.COC(CCC(=O)O)C1CCC2C3CCC4CCCCC4(C)C3CCC12C.O=CO. The first kappa shape index (κ1) is 55.9. The van der Waals surface area contributed by atoms with Crippen molar-refractivity contribution in [1.29, 1.82) is 0 Å². The molecule has 1 spiro atoms. The second-order valence-corrected chi connectivity index (χ2v) is 22.2. The van der Waals surface area contributed by atoms with Crippen LogP contribution in [0, 0.1) is 52.3 Å². The van der Waals surface area contributed by atoms with Crippen LogP contribution in [0.15, 0.2) is 47.1 Å². The first-order chi connectivity index (χ1) is 32.8. The minimum absolute atomic E-state index is 0.120. The van der Waals surface area contributed by atoms with E-state index in [4.69, 9.17) is 24.5 Å². The van der Waals surface area contributed by atoms with E-state index in [2.05, 4.69) is 76.1 Å². The van der Waals surface area contributed by atoms with Crippen LogP contribution in [0.4, 0.5) is 5.69 Å². The molecule has 1 heterocycles. The molecule has 3 N–H and O–H groups in total. The van der Waals surface area contributed by atoms with Gasteiger partial charge in [-0.1, -0.05) is 98.3 Å². The van der Waals surface area contributed by atoms with Crippen LogP contribution in [0.2, 0.25) is 0 Å². The molecule has 0 radical (unpaired) electrons. The van der Waals surface area contributed by atoms with Crippen LogP contribution in [0.5, 0.6) is 0 Å². The fourth-order valence-electron chi connectivity index (χ4n) is 15.8. The summed E-state index contributed by atoms with van der Waals surface area (Å²) in [4.78, 5) is 33.2. The quantitative estimate of drug-likeness (QED) is 0.0948. The number of hydrogen-bond donors (Lipinski definition) is 3. The maximum absolute atomic E-state index is 11.4. The van der Waals surface area contributed by atoms with Crippen molar-refractivity contribution >= 4 is 24.4 Å². The molecule has 1 aromatic carbocycles. The van der Waals surface area contributed by atoms with Crippen molar-refractivity contribution in [3.8, 4) is 0 Å². The lowest BCUT2D eigenvalue weighted by molar-refractivity contribution is -0.139. The van der Waals surface area contributed by atoms with Gasteiger partial charge in [0.05, 0.1) is 17.8 Å². The van der Waals surface area contributed by atoms with Crippen LogP contribution in [0.25, 0.3) is 0 Å². The van der Waals surface area contributed by atoms with Crippen LogP contribution in [-0.2, 0) is 23.9 Å². The van der Waals surface area contributed by atoms with E-state index >= 15 is 0 Å². The van der Waals surface area contributed by atoms with Crippen molar-refractivity contribution in [2.75, 3.05) is 39.2 Å². The predicted molar refractivity (Wildman–Crippen MR) is 278 cm³/mol. The third-order valence-corrected chi connectivity index (χ3v) is 19.2. The van der Waals surface area contributed by atoms with Crippen LogP contribution in [0.1, 0.15) is 195 Å². The van der Waals surface area contributed by atoms with Gasteiger partial charge in [0.1, 0.15) is 6.29 Å². The minimum atomic E-state index is -0.691. The van der Waals surface area contributed by atoms with Crippen molar-refractivity contribution in [3.05, 3.63) is 52.6 Å². The Morgan fingerprint density at radius 1 is 0.897 bits per heavy atom. The number of anilines is 1. The zero-order valence-corrected chi connectivity index (χ0v) is 44.5. The predicted octanol–water partition coefficient (Wildman–Crippen LogP) is 13.5. The molecule has 8 aliphatic rings. The summed E-state index contributed by atoms with van der Waals surface area (Å²) < 4.78 is 12.3. The Bertz CT molecular complexity index is 1810. The summed E-state index contributed by atoms with van der Waals surface area (Å²) in [5.74, 6) is 5.22. The van der Waals surface area contributed by atoms with Gasteiger partial charge in [0.15, 0.2) is 0 Å². The Hall–Kier alpha value is -3.01. The highest BCUT2D eigenvalue weighted by atomic mass is 16.6. The van der Waals surface area contributed by atoms with E-state index in [0.717, 1.165) is 68.7 Å². The molecule has 0 aromatic heterocycles. The summed E-state index contributed by atoms with van der Waals surface area (Å²) in [6.07, 6.45) is 29.2. The number of ether oxygens (including phenoxy) is 2. The number of unbranched alkanes of at least 4 members (excludes halogenated alkanes) is 1. The highest BCUT2D eigenvalue weighted by Gasteiger charge is 2.70. The number of rotatable bonds is 14. The molecular formula is C59H96N2O7. The number of carbonyl (C=O) groups is 3. The number of carbonyl (C=O) groups excluding carboxylic acids is 1. The molecule has 68 heavy (non-hydrogen) atoms. The lowest BCUT2D eigenvalue weighted by Gasteiger charge is -2.60. The van der Waals surface area contributed by atoms with E-state index in [1.165, 1.54) is 119 Å². The van der Waals surface area contributed by atoms with Gasteiger partial charge < -0.3 is 29.9 Å². The van der Waals surface area contributed by atoms with Crippen LogP contribution in [-0.4, -0.2) is 81.0 Å². The number of carboxylic acids is 1. The average Bonchev–Trinajstić information content (AvgIpc) is 3.72. The zero-order chi connectivity index (χ0) is 49.6. The number of nitrogens with zero attached hydrogens (tertiary/aromatic N) is 1. The highest BCUT2D eigenvalue weighted by molar-refractivity contribution is 5.69. The molecule has 13 atom stereocenters. The third kappa shape index (κ3) is 11.8. The topological polar surface area (TPSA) is 129 Å². The van der Waals surface area contributed by atoms with E-state index in [-0.39, 0.29) is 24.6 Å². The number of aldehydes is 1. The molecule has 384 valence electrons. The molecule has 1 aromatic rings. The molecule has 6 saturated carbocycles. The molecule has 0 amide bonds. The third-order valence-electron chi connectivity index (χ3n) is 19.2. The fourth-order valence-corrected chi connectivity index (χ4v) is 15.8. The van der Waals surface area contributed by atoms with Crippen LogP contribution < -0.4 is 10.2 Å². The van der Waals surface area contributed by atoms with Gasteiger partial charge in [-0.3, -0.25) is 14.4 Å². The lowest BCUT2D eigenvalue weighted by atomic mass is 9.44. The number of allylic oxidation sites excluding steroid dienone is 4. The molecule has 9 heteroatoms.